The zero-order chi connectivity index (χ0) is 11.7. The second kappa shape index (κ2) is 4.45. The van der Waals surface area contributed by atoms with Crippen LogP contribution in [0.5, 0.6) is 0 Å². The van der Waals surface area contributed by atoms with Crippen molar-refractivity contribution in [1.82, 2.24) is 4.98 Å². The minimum absolute atomic E-state index is 1.05. The first kappa shape index (κ1) is 10.7. The van der Waals surface area contributed by atoms with Gasteiger partial charge in [0, 0.05) is 20.7 Å². The fraction of sp³-hybridized carbons (Fsp3) is 0. The van der Waals surface area contributed by atoms with Gasteiger partial charge < -0.3 is 0 Å². The highest BCUT2D eigenvalue weighted by Crippen LogP contribution is 2.31. The van der Waals surface area contributed by atoms with Gasteiger partial charge in [-0.15, -0.1) is 0 Å². The van der Waals surface area contributed by atoms with Crippen molar-refractivity contribution in [1.29, 1.82) is 0 Å². The molecule has 82 valence electrons. The van der Waals surface area contributed by atoms with Crippen LogP contribution >= 0.6 is 22.6 Å². The Labute approximate surface area is 114 Å². The molecule has 0 N–H and O–H groups in total. The van der Waals surface area contributed by atoms with Crippen molar-refractivity contribution in [2.24, 2.45) is 0 Å². The molecule has 1 aromatic heterocycles. The smallest absolute Gasteiger partial charge is 0.0709 e. The van der Waals surface area contributed by atoms with Crippen LogP contribution in [-0.2, 0) is 0 Å². The standard InChI is InChI=1S/C15H10IN/c16-13-10-17-14-9-5-4-8-12(14)15(13)11-6-2-1-3-7-11/h1-10H. The van der Waals surface area contributed by atoms with Gasteiger partial charge in [-0.1, -0.05) is 48.5 Å². The van der Waals surface area contributed by atoms with E-state index >= 15 is 0 Å². The Hall–Kier alpha value is -1.42. The number of benzene rings is 2. The maximum absolute atomic E-state index is 4.46. The van der Waals surface area contributed by atoms with Gasteiger partial charge in [-0.05, 0) is 34.2 Å². The predicted octanol–water partition coefficient (Wildman–Crippen LogP) is 4.51. The SMILES string of the molecule is Ic1cnc2ccccc2c1-c1ccccc1. The van der Waals surface area contributed by atoms with Crippen LogP contribution in [0.15, 0.2) is 60.8 Å². The van der Waals surface area contributed by atoms with E-state index in [1.165, 1.54) is 20.1 Å². The van der Waals surface area contributed by atoms with Gasteiger partial charge in [0.05, 0.1) is 5.52 Å². The Morgan fingerprint density at radius 2 is 1.53 bits per heavy atom. The van der Waals surface area contributed by atoms with E-state index in [1.54, 1.807) is 0 Å². The fourth-order valence-electron chi connectivity index (χ4n) is 2.02. The molecule has 17 heavy (non-hydrogen) atoms. The summed E-state index contributed by atoms with van der Waals surface area (Å²) in [6.07, 6.45) is 1.94. The molecule has 0 aliphatic heterocycles. The molecule has 0 fully saturated rings. The summed E-state index contributed by atoms with van der Waals surface area (Å²) >= 11 is 2.35. The summed E-state index contributed by atoms with van der Waals surface area (Å²) < 4.78 is 1.19. The molecule has 2 aromatic carbocycles. The molecule has 0 bridgehead atoms. The van der Waals surface area contributed by atoms with E-state index in [-0.39, 0.29) is 0 Å². The lowest BCUT2D eigenvalue weighted by molar-refractivity contribution is 1.39. The molecule has 0 radical (unpaired) electrons. The molecule has 0 spiro atoms. The van der Waals surface area contributed by atoms with Crippen LogP contribution in [0.2, 0.25) is 0 Å². The number of halogens is 1. The molecule has 1 nitrogen and oxygen atoms in total. The first-order chi connectivity index (χ1) is 8.36. The van der Waals surface area contributed by atoms with Crippen molar-refractivity contribution in [3.05, 3.63) is 64.4 Å². The van der Waals surface area contributed by atoms with E-state index in [2.05, 4.69) is 70.0 Å². The molecule has 0 saturated heterocycles. The molecule has 0 aliphatic carbocycles. The summed E-state index contributed by atoms with van der Waals surface area (Å²) in [5.41, 5.74) is 3.57. The van der Waals surface area contributed by atoms with Crippen molar-refractivity contribution >= 4 is 33.5 Å². The normalized spacial score (nSPS) is 10.6. The number of hydrogen-bond donors (Lipinski definition) is 0. The average molecular weight is 331 g/mol. The molecule has 0 aliphatic rings. The number of nitrogens with zero attached hydrogens (tertiary/aromatic N) is 1. The van der Waals surface area contributed by atoms with Gasteiger partial charge in [-0.2, -0.15) is 0 Å². The van der Waals surface area contributed by atoms with Gasteiger partial charge in [0.2, 0.25) is 0 Å². The minimum Gasteiger partial charge on any atom is -0.255 e. The Morgan fingerprint density at radius 1 is 0.824 bits per heavy atom. The van der Waals surface area contributed by atoms with E-state index in [0.29, 0.717) is 0 Å². The zero-order valence-corrected chi connectivity index (χ0v) is 11.3. The first-order valence-electron chi connectivity index (χ1n) is 5.45. The molecule has 3 aromatic rings. The molecular weight excluding hydrogens is 321 g/mol. The number of para-hydroxylation sites is 1. The second-order valence-electron chi connectivity index (χ2n) is 3.86. The lowest BCUT2D eigenvalue weighted by atomic mass is 10.0. The van der Waals surface area contributed by atoms with Crippen molar-refractivity contribution in [3.63, 3.8) is 0 Å². The minimum atomic E-state index is 1.05. The highest BCUT2D eigenvalue weighted by Gasteiger charge is 2.08. The second-order valence-corrected chi connectivity index (χ2v) is 5.03. The molecule has 0 saturated carbocycles. The van der Waals surface area contributed by atoms with E-state index < -0.39 is 0 Å². The van der Waals surface area contributed by atoms with Crippen LogP contribution in [0.25, 0.3) is 22.0 Å². The molecule has 1 heterocycles. The van der Waals surface area contributed by atoms with Gasteiger partial charge in [0.25, 0.3) is 0 Å². The predicted molar refractivity (Wildman–Crippen MR) is 79.9 cm³/mol. The Kier molecular flexibility index (Phi) is 2.81. The van der Waals surface area contributed by atoms with E-state index in [9.17, 15) is 0 Å². The third-order valence-corrected chi connectivity index (χ3v) is 3.61. The van der Waals surface area contributed by atoms with Gasteiger partial charge in [-0.3, -0.25) is 4.98 Å². The summed E-state index contributed by atoms with van der Waals surface area (Å²) in [7, 11) is 0. The Bertz CT molecular complexity index is 662. The molecule has 0 atom stereocenters. The third-order valence-electron chi connectivity index (χ3n) is 2.79. The zero-order valence-electron chi connectivity index (χ0n) is 9.10. The summed E-state index contributed by atoms with van der Waals surface area (Å²) in [5, 5.41) is 1.21. The molecule has 0 unspecified atom stereocenters. The Morgan fingerprint density at radius 3 is 2.35 bits per heavy atom. The first-order valence-corrected chi connectivity index (χ1v) is 6.53. The topological polar surface area (TPSA) is 12.9 Å². The highest BCUT2D eigenvalue weighted by molar-refractivity contribution is 14.1. The lowest BCUT2D eigenvalue weighted by Crippen LogP contribution is -1.88. The summed E-state index contributed by atoms with van der Waals surface area (Å²) in [5.74, 6) is 0. The van der Waals surface area contributed by atoms with Crippen molar-refractivity contribution in [3.8, 4) is 11.1 Å². The molecule has 2 heteroatoms. The van der Waals surface area contributed by atoms with E-state index in [4.69, 9.17) is 0 Å². The lowest BCUT2D eigenvalue weighted by Gasteiger charge is -2.08. The number of fused-ring (bicyclic) bond motifs is 1. The van der Waals surface area contributed by atoms with Crippen molar-refractivity contribution in [2.45, 2.75) is 0 Å². The van der Waals surface area contributed by atoms with Crippen LogP contribution in [0.3, 0.4) is 0 Å². The van der Waals surface area contributed by atoms with Crippen LogP contribution < -0.4 is 0 Å². The van der Waals surface area contributed by atoms with Gasteiger partial charge in [-0.25, -0.2) is 0 Å². The quantitative estimate of drug-likeness (QED) is 0.598. The highest BCUT2D eigenvalue weighted by atomic mass is 127. The van der Waals surface area contributed by atoms with Gasteiger partial charge >= 0.3 is 0 Å². The maximum atomic E-state index is 4.46. The van der Waals surface area contributed by atoms with Crippen LogP contribution in [0, 0.1) is 3.57 Å². The molecule has 0 amide bonds. The third kappa shape index (κ3) is 1.93. The number of rotatable bonds is 1. The van der Waals surface area contributed by atoms with E-state index in [1.807, 2.05) is 18.3 Å². The van der Waals surface area contributed by atoms with Crippen molar-refractivity contribution < 1.29 is 0 Å². The number of hydrogen-bond acceptors (Lipinski definition) is 1. The number of aromatic nitrogens is 1. The molecule has 3 rings (SSSR count). The van der Waals surface area contributed by atoms with Crippen LogP contribution in [0.1, 0.15) is 0 Å². The molecular formula is C15H10IN. The number of pyridine rings is 1. The van der Waals surface area contributed by atoms with E-state index in [0.717, 1.165) is 5.52 Å². The van der Waals surface area contributed by atoms with Gasteiger partial charge in [0.15, 0.2) is 0 Å². The maximum Gasteiger partial charge on any atom is 0.0709 e. The average Bonchev–Trinajstić information content (AvgIpc) is 2.39. The summed E-state index contributed by atoms with van der Waals surface area (Å²) in [6.45, 7) is 0. The van der Waals surface area contributed by atoms with Crippen LogP contribution in [0.4, 0.5) is 0 Å². The van der Waals surface area contributed by atoms with Crippen molar-refractivity contribution in [2.75, 3.05) is 0 Å². The summed E-state index contributed by atoms with van der Waals surface area (Å²) in [4.78, 5) is 4.46. The largest absolute Gasteiger partial charge is 0.255 e. The van der Waals surface area contributed by atoms with Gasteiger partial charge in [0.1, 0.15) is 0 Å². The summed E-state index contributed by atoms with van der Waals surface area (Å²) in [6, 6.07) is 18.7. The van der Waals surface area contributed by atoms with Crippen LogP contribution in [-0.4, -0.2) is 4.98 Å². The fourth-order valence-corrected chi connectivity index (χ4v) is 2.76. The Balaban J connectivity index is 2.39. The monoisotopic (exact) mass is 331 g/mol.